The standard InChI is InChI=1S/C21H24N6O3.C9H11NO2/c1-13-10-23-17-16(13)18(25-12-24-17)27-7-5-21(11-22,6-8-27)20(30)26-15-4-2-3-14(9-15)19(28)29;1-10(2)9(11)12-8-6-4-3-5-7-8/h2-4,9-10,12H,5-8,11,22H2,1H3,(H,26,30)(H,28,29)(H,23,24,25);3-7H,1-2H3. The molecule has 0 atom stereocenters. The lowest BCUT2D eigenvalue weighted by molar-refractivity contribution is -0.126. The Kier molecular flexibility index (Phi) is 9.38. The Morgan fingerprint density at radius 3 is 2.45 bits per heavy atom. The topological polar surface area (TPSA) is 167 Å². The van der Waals surface area contributed by atoms with E-state index in [1.54, 1.807) is 44.7 Å². The number of benzene rings is 2. The third kappa shape index (κ3) is 6.84. The highest BCUT2D eigenvalue weighted by molar-refractivity contribution is 5.97. The van der Waals surface area contributed by atoms with Gasteiger partial charge in [0.15, 0.2) is 0 Å². The minimum Gasteiger partial charge on any atom is -0.478 e. The molecule has 5 rings (SSSR count). The number of aromatic carboxylic acids is 1. The minimum absolute atomic E-state index is 0.124. The van der Waals surface area contributed by atoms with E-state index in [9.17, 15) is 14.4 Å². The second-order valence-electron chi connectivity index (χ2n) is 10.3. The highest BCUT2D eigenvalue weighted by atomic mass is 16.6. The number of piperidine rings is 1. The third-order valence-electron chi connectivity index (χ3n) is 7.22. The highest BCUT2D eigenvalue weighted by Crippen LogP contribution is 2.36. The zero-order valence-electron chi connectivity index (χ0n) is 23.8. The van der Waals surface area contributed by atoms with Crippen LogP contribution in [-0.4, -0.2) is 76.7 Å². The Morgan fingerprint density at radius 1 is 1.10 bits per heavy atom. The highest BCUT2D eigenvalue weighted by Gasteiger charge is 2.41. The number of nitrogens with one attached hydrogen (secondary N) is 2. The number of H-pyrrole nitrogens is 1. The van der Waals surface area contributed by atoms with E-state index in [0.717, 1.165) is 22.4 Å². The largest absolute Gasteiger partial charge is 0.478 e. The number of nitrogens with zero attached hydrogens (tertiary/aromatic N) is 4. The van der Waals surface area contributed by atoms with Crippen LogP contribution in [0.4, 0.5) is 16.3 Å². The number of nitrogens with two attached hydrogens (primary N) is 1. The molecule has 0 bridgehead atoms. The van der Waals surface area contributed by atoms with Crippen LogP contribution in [0.25, 0.3) is 11.0 Å². The van der Waals surface area contributed by atoms with Gasteiger partial charge in [-0.1, -0.05) is 24.3 Å². The summed E-state index contributed by atoms with van der Waals surface area (Å²) in [5.41, 5.74) is 7.79. The molecule has 4 aromatic rings. The molecule has 1 aliphatic rings. The van der Waals surface area contributed by atoms with Crippen molar-refractivity contribution in [3.63, 3.8) is 0 Å². The number of aromatic nitrogens is 3. The summed E-state index contributed by atoms with van der Waals surface area (Å²) in [6.07, 6.45) is 4.24. The van der Waals surface area contributed by atoms with Gasteiger partial charge in [0.05, 0.1) is 16.4 Å². The van der Waals surface area contributed by atoms with Gasteiger partial charge in [0, 0.05) is 45.6 Å². The van der Waals surface area contributed by atoms with Crippen LogP contribution >= 0.6 is 0 Å². The van der Waals surface area contributed by atoms with Gasteiger partial charge in [-0.3, -0.25) is 4.79 Å². The zero-order chi connectivity index (χ0) is 30.3. The number of ether oxygens (including phenoxy) is 1. The van der Waals surface area contributed by atoms with E-state index in [4.69, 9.17) is 15.6 Å². The molecular weight excluding hydrogens is 538 g/mol. The fraction of sp³-hybridized carbons (Fsp3) is 0.300. The Bertz CT molecular complexity index is 1550. The second-order valence-corrected chi connectivity index (χ2v) is 10.3. The van der Waals surface area contributed by atoms with Gasteiger partial charge in [0.25, 0.3) is 0 Å². The van der Waals surface area contributed by atoms with Gasteiger partial charge in [-0.2, -0.15) is 0 Å². The Hall–Kier alpha value is -4.97. The van der Waals surface area contributed by atoms with E-state index >= 15 is 0 Å². The van der Waals surface area contributed by atoms with Gasteiger partial charge < -0.3 is 35.7 Å². The average molecular weight is 574 g/mol. The Morgan fingerprint density at radius 2 is 1.81 bits per heavy atom. The van der Waals surface area contributed by atoms with Crippen LogP contribution in [0.5, 0.6) is 5.75 Å². The molecule has 0 radical (unpaired) electrons. The van der Waals surface area contributed by atoms with Gasteiger partial charge in [0.2, 0.25) is 5.91 Å². The van der Waals surface area contributed by atoms with Crippen molar-refractivity contribution in [3.05, 3.63) is 78.2 Å². The number of amides is 2. The quantitative estimate of drug-likeness (QED) is 0.267. The van der Waals surface area contributed by atoms with Crippen molar-refractivity contribution in [2.75, 3.05) is 43.9 Å². The molecule has 42 heavy (non-hydrogen) atoms. The monoisotopic (exact) mass is 573 g/mol. The van der Waals surface area contributed by atoms with E-state index in [2.05, 4.69) is 25.2 Å². The van der Waals surface area contributed by atoms with Crippen molar-refractivity contribution in [1.82, 2.24) is 19.9 Å². The third-order valence-corrected chi connectivity index (χ3v) is 7.22. The van der Waals surface area contributed by atoms with Gasteiger partial charge in [-0.25, -0.2) is 19.6 Å². The summed E-state index contributed by atoms with van der Waals surface area (Å²) in [6, 6.07) is 15.2. The first-order chi connectivity index (χ1) is 20.1. The molecular formula is C30H35N7O5. The first-order valence-electron chi connectivity index (χ1n) is 13.5. The molecule has 5 N–H and O–H groups in total. The number of hydrogen-bond donors (Lipinski definition) is 4. The number of para-hydroxylation sites is 1. The molecule has 2 aromatic carbocycles. The van der Waals surface area contributed by atoms with Crippen LogP contribution in [0, 0.1) is 12.3 Å². The molecule has 12 heteroatoms. The maximum absolute atomic E-state index is 13.1. The SMILES string of the molecule is CN(C)C(=O)Oc1ccccc1.Cc1c[nH]c2ncnc(N3CCC(CN)(C(=O)Nc4cccc(C(=O)O)c4)CC3)c12. The van der Waals surface area contributed by atoms with Crippen molar-refractivity contribution in [1.29, 1.82) is 0 Å². The number of anilines is 2. The lowest BCUT2D eigenvalue weighted by Crippen LogP contribution is -2.50. The summed E-state index contributed by atoms with van der Waals surface area (Å²) in [5, 5.41) is 13.0. The number of carboxylic acids is 1. The fourth-order valence-corrected chi connectivity index (χ4v) is 4.68. The van der Waals surface area contributed by atoms with Gasteiger partial charge >= 0.3 is 12.1 Å². The maximum Gasteiger partial charge on any atom is 0.414 e. The summed E-state index contributed by atoms with van der Waals surface area (Å²) >= 11 is 0. The molecule has 1 fully saturated rings. The number of hydrogen-bond acceptors (Lipinski definition) is 8. The van der Waals surface area contributed by atoms with Crippen molar-refractivity contribution >= 4 is 40.5 Å². The summed E-state index contributed by atoms with van der Waals surface area (Å²) in [5.74, 6) is 0.206. The Labute approximate surface area is 243 Å². The summed E-state index contributed by atoms with van der Waals surface area (Å²) in [7, 11) is 3.29. The number of rotatable bonds is 6. The minimum atomic E-state index is -1.04. The molecule has 1 saturated heterocycles. The summed E-state index contributed by atoms with van der Waals surface area (Å²) in [6.45, 7) is 3.50. The number of aromatic amines is 1. The first kappa shape index (κ1) is 30.0. The average Bonchev–Trinajstić information content (AvgIpc) is 3.39. The van der Waals surface area contributed by atoms with E-state index in [1.165, 1.54) is 17.0 Å². The van der Waals surface area contributed by atoms with Crippen LogP contribution in [-0.2, 0) is 4.79 Å². The number of carbonyl (C=O) groups is 3. The van der Waals surface area contributed by atoms with E-state index in [1.807, 2.05) is 31.3 Å². The number of carbonyl (C=O) groups excluding carboxylic acids is 2. The molecule has 2 aromatic heterocycles. The van der Waals surface area contributed by atoms with Gasteiger partial charge in [-0.05, 0) is 55.7 Å². The Balaban J connectivity index is 0.000000283. The molecule has 0 unspecified atom stereocenters. The van der Waals surface area contributed by atoms with E-state index in [-0.39, 0.29) is 24.1 Å². The van der Waals surface area contributed by atoms with Crippen molar-refractivity contribution in [2.24, 2.45) is 11.1 Å². The first-order valence-corrected chi connectivity index (χ1v) is 13.5. The van der Waals surface area contributed by atoms with Crippen LogP contribution in [0.1, 0.15) is 28.8 Å². The van der Waals surface area contributed by atoms with Gasteiger partial charge in [-0.15, -0.1) is 0 Å². The molecule has 3 heterocycles. The molecule has 0 aliphatic carbocycles. The second kappa shape index (κ2) is 13.1. The summed E-state index contributed by atoms with van der Waals surface area (Å²) < 4.78 is 4.96. The van der Waals surface area contributed by atoms with Crippen LogP contribution in [0.2, 0.25) is 0 Å². The molecule has 0 spiro atoms. The normalized spacial score (nSPS) is 14.0. The molecule has 0 saturated carbocycles. The smallest absolute Gasteiger partial charge is 0.414 e. The number of carboxylic acid groups (broad SMARTS) is 1. The zero-order valence-corrected chi connectivity index (χ0v) is 23.8. The maximum atomic E-state index is 13.1. The predicted molar refractivity (Wildman–Crippen MR) is 160 cm³/mol. The molecule has 220 valence electrons. The number of fused-ring (bicyclic) bond motifs is 1. The summed E-state index contributed by atoms with van der Waals surface area (Å²) in [4.78, 5) is 50.7. The fourth-order valence-electron chi connectivity index (χ4n) is 4.68. The molecule has 12 nitrogen and oxygen atoms in total. The van der Waals surface area contributed by atoms with Crippen LogP contribution in [0.3, 0.4) is 0 Å². The van der Waals surface area contributed by atoms with Crippen LogP contribution in [0.15, 0.2) is 67.1 Å². The lowest BCUT2D eigenvalue weighted by Gasteiger charge is -2.40. The van der Waals surface area contributed by atoms with Crippen molar-refractivity contribution < 1.29 is 24.2 Å². The van der Waals surface area contributed by atoms with Gasteiger partial charge in [0.1, 0.15) is 23.5 Å². The van der Waals surface area contributed by atoms with Crippen molar-refractivity contribution in [2.45, 2.75) is 19.8 Å². The van der Waals surface area contributed by atoms with Crippen LogP contribution < -0.4 is 20.7 Å². The van der Waals surface area contributed by atoms with E-state index < -0.39 is 11.4 Å². The predicted octanol–water partition coefficient (Wildman–Crippen LogP) is 3.90. The lowest BCUT2D eigenvalue weighted by atomic mass is 9.77. The number of aryl methyl sites for hydroxylation is 1. The van der Waals surface area contributed by atoms with E-state index in [0.29, 0.717) is 37.4 Å². The molecule has 1 aliphatic heterocycles. The molecule has 2 amide bonds. The van der Waals surface area contributed by atoms with Crippen molar-refractivity contribution in [3.8, 4) is 5.75 Å².